The maximum atomic E-state index is 12.8. The van der Waals surface area contributed by atoms with E-state index in [4.69, 9.17) is 0 Å². The first-order valence-corrected chi connectivity index (χ1v) is 12.2. The number of benzene rings is 1. The van der Waals surface area contributed by atoms with Crippen molar-refractivity contribution in [1.29, 1.82) is 0 Å². The Morgan fingerprint density at radius 2 is 2.12 bits per heavy atom. The predicted molar refractivity (Wildman–Crippen MR) is 131 cm³/mol. The van der Waals surface area contributed by atoms with Gasteiger partial charge in [0.15, 0.2) is 0 Å². The van der Waals surface area contributed by atoms with Gasteiger partial charge in [0.05, 0.1) is 15.5 Å². The molecule has 3 aromatic heterocycles. The summed E-state index contributed by atoms with van der Waals surface area (Å²) in [6.45, 7) is 3.50. The van der Waals surface area contributed by atoms with Crippen LogP contribution in [0.2, 0.25) is 0 Å². The number of thiophene rings is 1. The summed E-state index contributed by atoms with van der Waals surface area (Å²) in [5.41, 5.74) is 6.09. The molecule has 0 radical (unpaired) electrons. The fraction of sp³-hybridized carbons (Fsp3) is 0.250. The van der Waals surface area contributed by atoms with E-state index in [0.29, 0.717) is 0 Å². The first-order chi connectivity index (χ1) is 15.4. The maximum absolute atomic E-state index is 12.8. The van der Waals surface area contributed by atoms with E-state index in [0.717, 1.165) is 56.9 Å². The number of pyridine rings is 1. The molecule has 32 heavy (non-hydrogen) atoms. The average molecular weight is 465 g/mol. The highest BCUT2D eigenvalue weighted by Crippen LogP contribution is 2.38. The van der Waals surface area contributed by atoms with Gasteiger partial charge in [-0.1, -0.05) is 12.1 Å². The van der Waals surface area contributed by atoms with Gasteiger partial charge in [0.25, 0.3) is 0 Å². The number of aromatic nitrogens is 2. The number of rotatable bonds is 5. The van der Waals surface area contributed by atoms with Crippen molar-refractivity contribution in [3.8, 4) is 11.1 Å². The zero-order chi connectivity index (χ0) is 22.3. The molecule has 0 spiro atoms. The van der Waals surface area contributed by atoms with Gasteiger partial charge in [-0.05, 0) is 85.3 Å². The Bertz CT molecular complexity index is 1300. The van der Waals surface area contributed by atoms with E-state index in [9.17, 15) is 9.90 Å². The topological polar surface area (TPSA) is 90.0 Å². The Hall–Kier alpha value is -2.81. The summed E-state index contributed by atoms with van der Waals surface area (Å²) in [6.07, 6.45) is 6.79. The largest absolute Gasteiger partial charge is 0.386 e. The van der Waals surface area contributed by atoms with E-state index in [-0.39, 0.29) is 6.03 Å². The molecule has 0 unspecified atom stereocenters. The molecule has 0 fully saturated rings. The van der Waals surface area contributed by atoms with Crippen molar-refractivity contribution < 1.29 is 9.90 Å². The molecular formula is C24H24N4O2S2. The molecule has 0 saturated heterocycles. The number of fused-ring (bicyclic) bond motifs is 2. The van der Waals surface area contributed by atoms with Crippen LogP contribution in [0.3, 0.4) is 0 Å². The van der Waals surface area contributed by atoms with Crippen LogP contribution in [0, 0.1) is 0 Å². The minimum absolute atomic E-state index is 0.273. The summed E-state index contributed by atoms with van der Waals surface area (Å²) >= 11 is 2.75. The molecule has 3 heterocycles. The minimum Gasteiger partial charge on any atom is -0.386 e. The van der Waals surface area contributed by atoms with Gasteiger partial charge >= 0.3 is 6.03 Å². The second-order valence-corrected chi connectivity index (χ2v) is 10.5. The third-order valence-electron chi connectivity index (χ3n) is 5.76. The smallest absolute Gasteiger partial charge is 0.329 e. The fourth-order valence-corrected chi connectivity index (χ4v) is 5.75. The lowest BCUT2D eigenvalue weighted by Gasteiger charge is -2.16. The summed E-state index contributed by atoms with van der Waals surface area (Å²) in [7, 11) is 0. The highest BCUT2D eigenvalue weighted by Gasteiger charge is 2.21. The van der Waals surface area contributed by atoms with Crippen LogP contribution >= 0.6 is 23.3 Å². The Labute approximate surface area is 194 Å². The molecule has 4 aromatic rings. The van der Waals surface area contributed by atoms with Crippen LogP contribution in [0.5, 0.6) is 0 Å². The van der Waals surface area contributed by atoms with Crippen LogP contribution in [-0.2, 0) is 18.4 Å². The molecule has 0 saturated carbocycles. The number of amides is 2. The lowest BCUT2D eigenvalue weighted by atomic mass is 9.98. The molecule has 1 aromatic carbocycles. The second kappa shape index (κ2) is 8.27. The highest BCUT2D eigenvalue weighted by molar-refractivity contribution is 7.99. The first kappa shape index (κ1) is 21.1. The predicted octanol–water partition coefficient (Wildman–Crippen LogP) is 5.84. The lowest BCUT2D eigenvalue weighted by molar-refractivity contribution is 0.0789. The number of carbonyl (C=O) groups is 1. The highest BCUT2D eigenvalue weighted by atomic mass is 32.2. The van der Waals surface area contributed by atoms with Gasteiger partial charge in [-0.25, -0.2) is 9.78 Å². The average Bonchev–Trinajstić information content (AvgIpc) is 3.51. The van der Waals surface area contributed by atoms with Gasteiger partial charge in [0.1, 0.15) is 5.65 Å². The van der Waals surface area contributed by atoms with Crippen LogP contribution < -0.4 is 10.0 Å². The number of aliphatic hydroxyl groups is 1. The van der Waals surface area contributed by atoms with Gasteiger partial charge in [-0.3, -0.25) is 4.72 Å². The lowest BCUT2D eigenvalue weighted by Crippen LogP contribution is -2.23. The van der Waals surface area contributed by atoms with Crippen LogP contribution in [0.25, 0.3) is 22.2 Å². The molecule has 8 heteroatoms. The van der Waals surface area contributed by atoms with E-state index in [1.165, 1.54) is 34.4 Å². The van der Waals surface area contributed by atoms with Gasteiger partial charge in [-0.2, -0.15) is 0 Å². The molecule has 0 aliphatic heterocycles. The molecule has 0 atom stereocenters. The monoisotopic (exact) mass is 464 g/mol. The number of nitrogens with zero attached hydrogens (tertiary/aromatic N) is 1. The standard InChI is InChI=1S/C24H24N4O2S2/c1-24(2,30)17-11-20(31-13-17)32-28-23(29)27-21-18-5-3-4-14(18)6-7-19(21)16-10-15-8-9-25-22(15)26-12-16/h6-13,30H,3-5H2,1-2H3,(H,25,26)(H2,27,28,29). The van der Waals surface area contributed by atoms with Crippen molar-refractivity contribution in [2.75, 3.05) is 5.32 Å². The van der Waals surface area contributed by atoms with Gasteiger partial charge in [0.2, 0.25) is 0 Å². The maximum Gasteiger partial charge on any atom is 0.329 e. The SMILES string of the molecule is CC(C)(O)c1csc(SNC(=O)Nc2c(-c3cnc4[nH]ccc4c3)ccc3c2CCC3)c1. The zero-order valence-corrected chi connectivity index (χ0v) is 19.5. The van der Waals surface area contributed by atoms with E-state index in [1.54, 1.807) is 13.8 Å². The third kappa shape index (κ3) is 4.13. The van der Waals surface area contributed by atoms with E-state index in [1.807, 2.05) is 29.9 Å². The van der Waals surface area contributed by atoms with Crippen molar-refractivity contribution in [2.45, 2.75) is 42.9 Å². The molecular weight excluding hydrogens is 440 g/mol. The first-order valence-electron chi connectivity index (χ1n) is 10.5. The molecule has 6 nitrogen and oxygen atoms in total. The number of hydrogen-bond donors (Lipinski definition) is 4. The van der Waals surface area contributed by atoms with Crippen molar-refractivity contribution in [3.63, 3.8) is 0 Å². The Kier molecular flexibility index (Phi) is 5.44. The van der Waals surface area contributed by atoms with Crippen molar-refractivity contribution in [3.05, 3.63) is 64.8 Å². The number of nitrogens with one attached hydrogen (secondary N) is 3. The zero-order valence-electron chi connectivity index (χ0n) is 17.9. The van der Waals surface area contributed by atoms with E-state index >= 15 is 0 Å². The molecule has 0 bridgehead atoms. The summed E-state index contributed by atoms with van der Waals surface area (Å²) in [5, 5.41) is 16.2. The normalized spacial score (nSPS) is 13.3. The summed E-state index contributed by atoms with van der Waals surface area (Å²) in [5.74, 6) is 0. The van der Waals surface area contributed by atoms with Crippen molar-refractivity contribution in [1.82, 2.24) is 14.7 Å². The number of aromatic amines is 1. The van der Waals surface area contributed by atoms with Crippen LogP contribution in [-0.4, -0.2) is 21.1 Å². The van der Waals surface area contributed by atoms with Crippen molar-refractivity contribution in [2.24, 2.45) is 0 Å². The molecule has 1 aliphatic carbocycles. The number of H-pyrrole nitrogens is 1. The Morgan fingerprint density at radius 1 is 1.25 bits per heavy atom. The Balaban J connectivity index is 1.39. The number of urea groups is 1. The van der Waals surface area contributed by atoms with Crippen molar-refractivity contribution >= 4 is 46.0 Å². The van der Waals surface area contributed by atoms with E-state index in [2.05, 4.69) is 38.2 Å². The molecule has 2 amide bonds. The molecule has 5 rings (SSSR count). The van der Waals surface area contributed by atoms with Gasteiger partial charge in [-0.15, -0.1) is 11.3 Å². The van der Waals surface area contributed by atoms with Crippen LogP contribution in [0.4, 0.5) is 10.5 Å². The van der Waals surface area contributed by atoms with Crippen LogP contribution in [0.15, 0.2) is 52.3 Å². The summed E-state index contributed by atoms with van der Waals surface area (Å²) < 4.78 is 3.80. The fourth-order valence-electron chi connectivity index (χ4n) is 4.06. The number of hydrogen-bond acceptors (Lipinski definition) is 5. The minimum atomic E-state index is -0.897. The number of carbonyl (C=O) groups excluding carboxylic acids is 1. The number of aryl methyl sites for hydroxylation is 1. The van der Waals surface area contributed by atoms with Gasteiger partial charge < -0.3 is 15.4 Å². The molecule has 1 aliphatic rings. The molecule has 164 valence electrons. The van der Waals surface area contributed by atoms with E-state index < -0.39 is 5.60 Å². The molecule has 4 N–H and O–H groups in total. The summed E-state index contributed by atoms with van der Waals surface area (Å²) in [4.78, 5) is 20.5. The summed E-state index contributed by atoms with van der Waals surface area (Å²) in [6, 6.07) is 9.97. The van der Waals surface area contributed by atoms with Crippen LogP contribution in [0.1, 0.15) is 37.0 Å². The quantitative estimate of drug-likeness (QED) is 0.280. The third-order valence-corrected chi connectivity index (χ3v) is 7.63. The number of anilines is 1. The van der Waals surface area contributed by atoms with Gasteiger partial charge in [0, 0.05) is 28.9 Å². The Morgan fingerprint density at radius 3 is 2.94 bits per heavy atom. The second-order valence-electron chi connectivity index (χ2n) is 8.49.